The molecule has 7 heteroatoms. The number of esters is 1. The molecule has 0 spiro atoms. The lowest BCUT2D eigenvalue weighted by Crippen LogP contribution is -2.19. The lowest BCUT2D eigenvalue weighted by atomic mass is 10.4. The van der Waals surface area contributed by atoms with Crippen LogP contribution < -0.4 is 9.47 Å². The molecule has 4 nitrogen and oxygen atoms in total. The molecule has 0 N–H and O–H groups in total. The number of hydrogen-bond acceptors (Lipinski definition) is 4. The first-order valence-corrected chi connectivity index (χ1v) is 4.21. The highest BCUT2D eigenvalue weighted by atomic mass is 19.4. The molecule has 1 heterocycles. The summed E-state index contributed by atoms with van der Waals surface area (Å²) >= 11 is 0. The zero-order chi connectivity index (χ0) is 12.2. The fraction of sp³-hybridized carbons (Fsp3) is 0.333. The molecule has 0 unspecified atom stereocenters. The van der Waals surface area contributed by atoms with Crippen molar-refractivity contribution in [2.45, 2.75) is 13.1 Å². The topological polar surface area (TPSA) is 48.4 Å². The van der Waals surface area contributed by atoms with Gasteiger partial charge >= 0.3 is 12.1 Å². The summed E-state index contributed by atoms with van der Waals surface area (Å²) in [7, 11) is 0. The minimum atomic E-state index is -4.41. The molecule has 88 valence electrons. The second kappa shape index (κ2) is 4.82. The molecule has 0 aliphatic rings. The van der Waals surface area contributed by atoms with Gasteiger partial charge in [-0.05, 0) is 6.07 Å². The van der Waals surface area contributed by atoms with Crippen LogP contribution in [0.25, 0.3) is 0 Å². The molecule has 0 atom stereocenters. The molecule has 0 aliphatic heterocycles. The van der Waals surface area contributed by atoms with Crippen LogP contribution in [0.1, 0.15) is 6.92 Å². The minimum absolute atomic E-state index is 0.145. The van der Waals surface area contributed by atoms with Crippen LogP contribution in [0.4, 0.5) is 13.2 Å². The van der Waals surface area contributed by atoms with E-state index >= 15 is 0 Å². The molecule has 0 fully saturated rings. The molecule has 0 saturated heterocycles. The largest absolute Gasteiger partial charge is 0.468 e. The van der Waals surface area contributed by atoms with E-state index in [1.807, 2.05) is 0 Å². The molecule has 1 aromatic heterocycles. The highest BCUT2D eigenvalue weighted by Crippen LogP contribution is 2.18. The Labute approximate surface area is 89.0 Å². The fourth-order valence-electron chi connectivity index (χ4n) is 0.834. The van der Waals surface area contributed by atoms with E-state index in [1.165, 1.54) is 19.1 Å². The van der Waals surface area contributed by atoms with E-state index in [-0.39, 0.29) is 11.6 Å². The molecule has 0 aliphatic carbocycles. The van der Waals surface area contributed by atoms with Gasteiger partial charge in [-0.2, -0.15) is 13.2 Å². The molecular weight excluding hydrogens is 227 g/mol. The third-order valence-electron chi connectivity index (χ3n) is 1.35. The zero-order valence-corrected chi connectivity index (χ0v) is 8.25. The SMILES string of the molecule is CC(=O)Oc1ccc(OCC(F)(F)F)nc1. The number of carbonyl (C=O) groups excluding carboxylic acids is 1. The number of rotatable bonds is 3. The second-order valence-electron chi connectivity index (χ2n) is 2.83. The molecule has 0 amide bonds. The number of hydrogen-bond donors (Lipinski definition) is 0. The summed E-state index contributed by atoms with van der Waals surface area (Å²) in [5.41, 5.74) is 0. The van der Waals surface area contributed by atoms with Crippen LogP contribution in [-0.4, -0.2) is 23.7 Å². The van der Waals surface area contributed by atoms with Crippen molar-refractivity contribution in [1.29, 1.82) is 0 Å². The normalized spacial score (nSPS) is 11.0. The van der Waals surface area contributed by atoms with E-state index in [4.69, 9.17) is 0 Å². The van der Waals surface area contributed by atoms with Crippen molar-refractivity contribution in [1.82, 2.24) is 4.98 Å². The lowest BCUT2D eigenvalue weighted by molar-refractivity contribution is -0.154. The molecule has 1 rings (SSSR count). The van der Waals surface area contributed by atoms with Crippen molar-refractivity contribution in [3.8, 4) is 11.6 Å². The van der Waals surface area contributed by atoms with Gasteiger partial charge in [0.15, 0.2) is 6.61 Å². The van der Waals surface area contributed by atoms with Crippen molar-refractivity contribution in [3.05, 3.63) is 18.3 Å². The molecular formula is C9H8F3NO3. The summed E-state index contributed by atoms with van der Waals surface area (Å²) in [6.45, 7) is -0.207. The van der Waals surface area contributed by atoms with Crippen molar-refractivity contribution in [2.24, 2.45) is 0 Å². The number of pyridine rings is 1. The summed E-state index contributed by atoms with van der Waals surface area (Å²) in [5.74, 6) is -0.578. The Morgan fingerprint density at radius 1 is 1.44 bits per heavy atom. The fourth-order valence-corrected chi connectivity index (χ4v) is 0.834. The van der Waals surface area contributed by atoms with Crippen molar-refractivity contribution >= 4 is 5.97 Å². The van der Waals surface area contributed by atoms with Crippen LogP contribution >= 0.6 is 0 Å². The maximum Gasteiger partial charge on any atom is 0.422 e. The first-order valence-electron chi connectivity index (χ1n) is 4.21. The third kappa shape index (κ3) is 4.63. The van der Waals surface area contributed by atoms with E-state index < -0.39 is 18.8 Å². The number of nitrogens with zero attached hydrogens (tertiary/aromatic N) is 1. The highest BCUT2D eigenvalue weighted by Gasteiger charge is 2.28. The van der Waals surface area contributed by atoms with E-state index in [1.54, 1.807) is 0 Å². The van der Waals surface area contributed by atoms with Gasteiger partial charge < -0.3 is 9.47 Å². The van der Waals surface area contributed by atoms with Gasteiger partial charge in [0.05, 0.1) is 6.20 Å². The van der Waals surface area contributed by atoms with Crippen molar-refractivity contribution < 1.29 is 27.4 Å². The van der Waals surface area contributed by atoms with Crippen LogP contribution in [0.15, 0.2) is 18.3 Å². The number of halogens is 3. The number of aromatic nitrogens is 1. The quantitative estimate of drug-likeness (QED) is 0.751. The Balaban J connectivity index is 2.55. The Morgan fingerprint density at radius 2 is 2.12 bits per heavy atom. The number of ether oxygens (including phenoxy) is 2. The number of alkyl halides is 3. The Morgan fingerprint density at radius 3 is 2.56 bits per heavy atom. The monoisotopic (exact) mass is 235 g/mol. The summed E-state index contributed by atoms with van der Waals surface area (Å²) in [6.07, 6.45) is -3.30. The smallest absolute Gasteiger partial charge is 0.422 e. The molecule has 0 radical (unpaired) electrons. The van der Waals surface area contributed by atoms with Gasteiger partial charge in [0, 0.05) is 13.0 Å². The summed E-state index contributed by atoms with van der Waals surface area (Å²) in [6, 6.07) is 2.48. The molecule has 1 aromatic rings. The van der Waals surface area contributed by atoms with Crippen LogP contribution in [-0.2, 0) is 4.79 Å². The minimum Gasteiger partial charge on any atom is -0.468 e. The van der Waals surface area contributed by atoms with Gasteiger partial charge in [0.25, 0.3) is 0 Å². The van der Waals surface area contributed by atoms with E-state index in [0.29, 0.717) is 0 Å². The maximum atomic E-state index is 11.8. The number of carbonyl (C=O) groups is 1. The molecule has 0 saturated carbocycles. The third-order valence-corrected chi connectivity index (χ3v) is 1.35. The van der Waals surface area contributed by atoms with Crippen LogP contribution in [0, 0.1) is 0 Å². The van der Waals surface area contributed by atoms with Gasteiger partial charge in [-0.25, -0.2) is 4.98 Å². The first-order chi connectivity index (χ1) is 7.37. The predicted octanol–water partition coefficient (Wildman–Crippen LogP) is 1.95. The van der Waals surface area contributed by atoms with Crippen LogP contribution in [0.3, 0.4) is 0 Å². The standard InChI is InChI=1S/C9H8F3NO3/c1-6(14)16-7-2-3-8(13-4-7)15-5-9(10,11)12/h2-4H,5H2,1H3. The van der Waals surface area contributed by atoms with Gasteiger partial charge in [-0.15, -0.1) is 0 Å². The van der Waals surface area contributed by atoms with Crippen LogP contribution in [0.5, 0.6) is 11.6 Å². The van der Waals surface area contributed by atoms with E-state index in [0.717, 1.165) is 6.20 Å². The lowest BCUT2D eigenvalue weighted by Gasteiger charge is -2.08. The predicted molar refractivity (Wildman–Crippen MR) is 47.1 cm³/mol. The summed E-state index contributed by atoms with van der Waals surface area (Å²) in [4.78, 5) is 14.1. The molecule has 0 bridgehead atoms. The Bertz CT molecular complexity index is 361. The Kier molecular flexibility index (Phi) is 3.70. The average molecular weight is 235 g/mol. The van der Waals surface area contributed by atoms with Gasteiger partial charge in [0.2, 0.25) is 5.88 Å². The Hall–Kier alpha value is -1.79. The molecule has 0 aromatic carbocycles. The highest BCUT2D eigenvalue weighted by molar-refractivity contribution is 5.69. The van der Waals surface area contributed by atoms with E-state index in [9.17, 15) is 18.0 Å². The zero-order valence-electron chi connectivity index (χ0n) is 8.25. The summed E-state index contributed by atoms with van der Waals surface area (Å²) in [5, 5.41) is 0. The first kappa shape index (κ1) is 12.3. The van der Waals surface area contributed by atoms with E-state index in [2.05, 4.69) is 14.5 Å². The average Bonchev–Trinajstić information content (AvgIpc) is 2.14. The summed E-state index contributed by atoms with van der Waals surface area (Å²) < 4.78 is 44.3. The maximum absolute atomic E-state index is 11.8. The second-order valence-corrected chi connectivity index (χ2v) is 2.83. The van der Waals surface area contributed by atoms with Crippen molar-refractivity contribution in [2.75, 3.05) is 6.61 Å². The van der Waals surface area contributed by atoms with Crippen LogP contribution in [0.2, 0.25) is 0 Å². The van der Waals surface area contributed by atoms with Gasteiger partial charge in [-0.1, -0.05) is 0 Å². The van der Waals surface area contributed by atoms with Gasteiger partial charge in [-0.3, -0.25) is 4.79 Å². The van der Waals surface area contributed by atoms with Crippen molar-refractivity contribution in [3.63, 3.8) is 0 Å². The van der Waals surface area contributed by atoms with Gasteiger partial charge in [0.1, 0.15) is 5.75 Å². The molecule has 16 heavy (non-hydrogen) atoms.